The minimum Gasteiger partial charge on any atom is -0.496 e. The summed E-state index contributed by atoms with van der Waals surface area (Å²) in [5.74, 6) is 0.344. The molecule has 0 N–H and O–H groups in total. The molecule has 0 radical (unpaired) electrons. The van der Waals surface area contributed by atoms with Crippen LogP contribution in [0, 0.1) is 13.8 Å². The van der Waals surface area contributed by atoms with Gasteiger partial charge in [0.1, 0.15) is 18.0 Å². The fourth-order valence-corrected chi connectivity index (χ4v) is 2.68. The molecule has 0 aliphatic heterocycles. The first-order valence-electron chi connectivity index (χ1n) is 8.24. The average Bonchev–Trinajstić information content (AvgIpc) is 2.62. The highest BCUT2D eigenvalue weighted by atomic mass is 16.5. The molecule has 0 amide bonds. The van der Waals surface area contributed by atoms with Crippen molar-refractivity contribution in [1.82, 2.24) is 9.38 Å². The number of nitrogens with zero attached hydrogens (tertiary/aromatic N) is 2. The molecule has 0 saturated carbocycles. The van der Waals surface area contributed by atoms with Gasteiger partial charge in [-0.25, -0.2) is 4.98 Å². The van der Waals surface area contributed by atoms with E-state index < -0.39 is 0 Å². The van der Waals surface area contributed by atoms with E-state index in [1.54, 1.807) is 19.4 Å². The highest BCUT2D eigenvalue weighted by Crippen LogP contribution is 2.19. The predicted octanol–water partition coefficient (Wildman–Crippen LogP) is 2.61. The van der Waals surface area contributed by atoms with Crippen molar-refractivity contribution in [2.45, 2.75) is 26.9 Å². The van der Waals surface area contributed by atoms with Crippen LogP contribution >= 0.6 is 0 Å². The van der Waals surface area contributed by atoms with Crippen LogP contribution in [-0.4, -0.2) is 22.5 Å². The van der Waals surface area contributed by atoms with Gasteiger partial charge in [-0.3, -0.25) is 14.0 Å². The van der Waals surface area contributed by atoms with Gasteiger partial charge in [0.25, 0.3) is 5.56 Å². The van der Waals surface area contributed by atoms with E-state index in [2.05, 4.69) is 4.98 Å². The van der Waals surface area contributed by atoms with Crippen molar-refractivity contribution in [2.75, 3.05) is 7.11 Å². The molecule has 26 heavy (non-hydrogen) atoms. The Labute approximate surface area is 151 Å². The summed E-state index contributed by atoms with van der Waals surface area (Å²) in [6.07, 6.45) is 1.85. The van der Waals surface area contributed by atoms with Gasteiger partial charge in [0.2, 0.25) is 0 Å². The maximum Gasteiger partial charge on any atom is 0.310 e. The number of aromatic nitrogens is 2. The normalized spacial score (nSPS) is 10.7. The third-order valence-corrected chi connectivity index (χ3v) is 4.06. The molecule has 0 unspecified atom stereocenters. The third-order valence-electron chi connectivity index (χ3n) is 4.06. The van der Waals surface area contributed by atoms with Crippen LogP contribution in [-0.2, 0) is 22.6 Å². The van der Waals surface area contributed by atoms with Gasteiger partial charge in [-0.05, 0) is 42.7 Å². The number of methoxy groups -OCH3 is 1. The number of carbonyl (C=O) groups is 1. The van der Waals surface area contributed by atoms with Crippen molar-refractivity contribution in [3.63, 3.8) is 0 Å². The van der Waals surface area contributed by atoms with Gasteiger partial charge in [0, 0.05) is 12.3 Å². The molecular formula is C20H20N2O4. The number of fused-ring (bicyclic) bond motifs is 1. The molecule has 2 aromatic heterocycles. The minimum atomic E-state index is -0.387. The number of rotatable bonds is 5. The van der Waals surface area contributed by atoms with Crippen LogP contribution in [0.1, 0.15) is 22.4 Å². The molecule has 0 fully saturated rings. The van der Waals surface area contributed by atoms with Crippen molar-refractivity contribution in [2.24, 2.45) is 0 Å². The van der Waals surface area contributed by atoms with Crippen LogP contribution in [0.3, 0.4) is 0 Å². The molecule has 0 spiro atoms. The van der Waals surface area contributed by atoms with Crippen LogP contribution < -0.4 is 10.3 Å². The highest BCUT2D eigenvalue weighted by molar-refractivity contribution is 5.72. The quantitative estimate of drug-likeness (QED) is 0.660. The average molecular weight is 352 g/mol. The number of esters is 1. The maximum atomic E-state index is 12.2. The molecule has 0 bridgehead atoms. The van der Waals surface area contributed by atoms with Crippen LogP contribution in [0.2, 0.25) is 0 Å². The predicted molar refractivity (Wildman–Crippen MR) is 97.4 cm³/mol. The number of carbonyl (C=O) groups excluding carboxylic acids is 1. The van der Waals surface area contributed by atoms with Gasteiger partial charge in [0.05, 0.1) is 19.2 Å². The molecule has 6 nitrogen and oxygen atoms in total. The van der Waals surface area contributed by atoms with E-state index >= 15 is 0 Å². The number of hydrogen-bond donors (Lipinski definition) is 0. The Hall–Kier alpha value is -3.15. The molecule has 3 aromatic rings. The van der Waals surface area contributed by atoms with E-state index in [-0.39, 0.29) is 24.6 Å². The van der Waals surface area contributed by atoms with Crippen molar-refractivity contribution in [3.05, 3.63) is 75.3 Å². The molecule has 0 saturated heterocycles. The van der Waals surface area contributed by atoms with Crippen molar-refractivity contribution in [1.29, 1.82) is 0 Å². The Morgan fingerprint density at radius 1 is 1.15 bits per heavy atom. The zero-order chi connectivity index (χ0) is 18.7. The Morgan fingerprint density at radius 2 is 1.96 bits per heavy atom. The first kappa shape index (κ1) is 17.7. The summed E-state index contributed by atoms with van der Waals surface area (Å²) in [6, 6.07) is 10.6. The number of pyridine rings is 1. The van der Waals surface area contributed by atoms with Crippen LogP contribution in [0.5, 0.6) is 5.75 Å². The summed E-state index contributed by atoms with van der Waals surface area (Å²) < 4.78 is 12.0. The SMILES string of the molecule is COc1cc(CC(=O)OCc2cc(=O)n3cc(C)ccc3n2)ccc1C. The van der Waals surface area contributed by atoms with Crippen molar-refractivity contribution in [3.8, 4) is 5.75 Å². The third kappa shape index (κ3) is 3.91. The van der Waals surface area contributed by atoms with Crippen LogP contribution in [0.4, 0.5) is 0 Å². The Bertz CT molecular complexity index is 1020. The summed E-state index contributed by atoms with van der Waals surface area (Å²) in [5.41, 5.74) is 3.52. The van der Waals surface area contributed by atoms with E-state index in [9.17, 15) is 9.59 Å². The van der Waals surface area contributed by atoms with Gasteiger partial charge in [0.15, 0.2) is 0 Å². The first-order chi connectivity index (χ1) is 12.5. The number of benzene rings is 1. The van der Waals surface area contributed by atoms with E-state index in [0.717, 1.165) is 22.4 Å². The first-order valence-corrected chi connectivity index (χ1v) is 8.24. The molecule has 3 rings (SSSR count). The molecule has 0 aliphatic carbocycles. The smallest absolute Gasteiger partial charge is 0.310 e. The lowest BCUT2D eigenvalue weighted by Crippen LogP contribution is -2.17. The standard InChI is InChI=1S/C20H20N2O4/c1-13-4-7-18-21-16(10-19(23)22(18)11-13)12-26-20(24)9-15-6-5-14(2)17(8-15)25-3/h4-8,10-11H,9,12H2,1-3H3. The highest BCUT2D eigenvalue weighted by Gasteiger charge is 2.09. The molecule has 0 aliphatic rings. The zero-order valence-electron chi connectivity index (χ0n) is 15.0. The Balaban J connectivity index is 1.69. The fourth-order valence-electron chi connectivity index (χ4n) is 2.68. The van der Waals surface area contributed by atoms with Gasteiger partial charge in [-0.2, -0.15) is 0 Å². The van der Waals surface area contributed by atoms with Gasteiger partial charge >= 0.3 is 5.97 Å². The summed E-state index contributed by atoms with van der Waals surface area (Å²) in [5, 5.41) is 0. The summed E-state index contributed by atoms with van der Waals surface area (Å²) in [4.78, 5) is 28.6. The molecule has 6 heteroatoms. The Morgan fingerprint density at radius 3 is 2.73 bits per heavy atom. The molecule has 0 atom stereocenters. The van der Waals surface area contributed by atoms with Crippen molar-refractivity contribution < 1.29 is 14.3 Å². The molecule has 2 heterocycles. The van der Waals surface area contributed by atoms with Gasteiger partial charge in [-0.1, -0.05) is 18.2 Å². The minimum absolute atomic E-state index is 0.0402. The molecular weight excluding hydrogens is 332 g/mol. The van der Waals surface area contributed by atoms with E-state index in [1.165, 1.54) is 10.5 Å². The zero-order valence-corrected chi connectivity index (χ0v) is 15.0. The second kappa shape index (κ2) is 7.39. The van der Waals surface area contributed by atoms with Gasteiger partial charge < -0.3 is 9.47 Å². The second-order valence-electron chi connectivity index (χ2n) is 6.16. The lowest BCUT2D eigenvalue weighted by molar-refractivity contribution is -0.144. The topological polar surface area (TPSA) is 69.9 Å². The second-order valence-corrected chi connectivity index (χ2v) is 6.16. The lowest BCUT2D eigenvalue weighted by atomic mass is 10.1. The molecule has 1 aromatic carbocycles. The number of hydrogen-bond acceptors (Lipinski definition) is 5. The number of aryl methyl sites for hydroxylation is 2. The lowest BCUT2D eigenvalue weighted by Gasteiger charge is -2.09. The van der Waals surface area contributed by atoms with Crippen LogP contribution in [0.15, 0.2) is 47.4 Å². The summed E-state index contributed by atoms with van der Waals surface area (Å²) in [7, 11) is 1.59. The van der Waals surface area contributed by atoms with E-state index in [4.69, 9.17) is 9.47 Å². The largest absolute Gasteiger partial charge is 0.496 e. The van der Waals surface area contributed by atoms with Crippen molar-refractivity contribution >= 4 is 11.6 Å². The Kier molecular flexibility index (Phi) is 5.02. The number of ether oxygens (including phenoxy) is 2. The monoisotopic (exact) mass is 352 g/mol. The maximum absolute atomic E-state index is 12.2. The van der Waals surface area contributed by atoms with Gasteiger partial charge in [-0.15, -0.1) is 0 Å². The van der Waals surface area contributed by atoms with E-state index in [1.807, 2.05) is 38.1 Å². The van der Waals surface area contributed by atoms with E-state index in [0.29, 0.717) is 11.3 Å². The summed E-state index contributed by atoms with van der Waals surface area (Å²) in [6.45, 7) is 3.80. The fraction of sp³-hybridized carbons (Fsp3) is 0.250. The molecule has 134 valence electrons. The summed E-state index contributed by atoms with van der Waals surface area (Å²) >= 11 is 0. The van der Waals surface area contributed by atoms with Crippen LogP contribution in [0.25, 0.3) is 5.65 Å².